The van der Waals surface area contributed by atoms with Gasteiger partial charge in [0.2, 0.25) is 0 Å². The molecule has 5 nitrogen and oxygen atoms in total. The van der Waals surface area contributed by atoms with Crippen LogP contribution in [0.4, 0.5) is 5.69 Å². The van der Waals surface area contributed by atoms with Crippen LogP contribution >= 0.6 is 11.8 Å². The van der Waals surface area contributed by atoms with E-state index in [4.69, 9.17) is 10.6 Å². The number of hydrogen-bond donors (Lipinski definition) is 1. The summed E-state index contributed by atoms with van der Waals surface area (Å²) in [5, 5.41) is 6.36. The van der Waals surface area contributed by atoms with E-state index < -0.39 is 0 Å². The highest BCUT2D eigenvalue weighted by atomic mass is 32.2. The Morgan fingerprint density at radius 1 is 1.12 bits per heavy atom. The third-order valence-corrected chi connectivity index (χ3v) is 4.97. The van der Waals surface area contributed by atoms with Gasteiger partial charge in [0, 0.05) is 23.1 Å². The van der Waals surface area contributed by atoms with Gasteiger partial charge in [0.05, 0.1) is 14.0 Å². The van der Waals surface area contributed by atoms with Crippen LogP contribution in [-0.2, 0) is 4.79 Å². The van der Waals surface area contributed by atoms with E-state index >= 15 is 0 Å². The molecule has 0 aromatic heterocycles. The molecule has 1 aliphatic heterocycles. The molecule has 6 heteroatoms. The topological polar surface area (TPSA) is 64.7 Å². The number of hydrogen-bond acceptors (Lipinski definition) is 5. The monoisotopic (exact) mass is 340 g/mol. The number of nitrogens with zero attached hydrogens (tertiary/aromatic N) is 2. The zero-order valence-electron chi connectivity index (χ0n) is 13.5. The molecule has 0 fully saturated rings. The van der Waals surface area contributed by atoms with Gasteiger partial charge in [-0.15, -0.1) is 9.58 Å². The van der Waals surface area contributed by atoms with E-state index in [9.17, 15) is 4.79 Å². The summed E-state index contributed by atoms with van der Waals surface area (Å²) in [6.45, 7) is 1.56. The van der Waals surface area contributed by atoms with E-state index in [1.807, 2.05) is 60.0 Å². The average molecular weight is 340 g/mol. The fourth-order valence-electron chi connectivity index (χ4n) is 2.90. The fourth-order valence-corrected chi connectivity index (χ4v) is 3.96. The molecule has 3 rings (SSSR count). The molecule has 2 N–H and O–H groups in total. The van der Waals surface area contributed by atoms with E-state index in [-0.39, 0.29) is 10.4 Å². The third kappa shape index (κ3) is 2.40. The molecule has 1 heterocycles. The highest BCUT2D eigenvalue weighted by Crippen LogP contribution is 2.45. The second-order valence-corrected chi connectivity index (χ2v) is 6.12. The standard InChI is InChI=1S/C18H18N3O2S/c1-13(22)21(15-6-4-3-5-7-15)17(12-24-18(21)20-19)14-8-10-16(23-2)11-9-14/h3-12H,19H2,1-2H3/q+1. The molecule has 1 atom stereocenters. The van der Waals surface area contributed by atoms with Crippen molar-refractivity contribution in [2.75, 3.05) is 7.11 Å². The first kappa shape index (κ1) is 16.3. The molecule has 0 saturated carbocycles. The average Bonchev–Trinajstić information content (AvgIpc) is 3.03. The first-order valence-electron chi connectivity index (χ1n) is 7.40. The van der Waals surface area contributed by atoms with Crippen LogP contribution in [0.25, 0.3) is 5.70 Å². The molecule has 1 unspecified atom stereocenters. The van der Waals surface area contributed by atoms with Crippen molar-refractivity contribution in [3.63, 3.8) is 0 Å². The number of rotatable bonds is 3. The number of ether oxygens (including phenoxy) is 1. The lowest BCUT2D eigenvalue weighted by Gasteiger charge is -2.30. The normalized spacial score (nSPS) is 21.6. The summed E-state index contributed by atoms with van der Waals surface area (Å²) in [6.07, 6.45) is 0. The van der Waals surface area contributed by atoms with Crippen LogP contribution in [0.1, 0.15) is 12.5 Å². The van der Waals surface area contributed by atoms with Gasteiger partial charge in [0.1, 0.15) is 5.75 Å². The van der Waals surface area contributed by atoms with Gasteiger partial charge < -0.3 is 10.6 Å². The molecule has 0 aliphatic carbocycles. The summed E-state index contributed by atoms with van der Waals surface area (Å²) >= 11 is 1.37. The summed E-state index contributed by atoms with van der Waals surface area (Å²) < 4.78 is 5.10. The summed E-state index contributed by atoms with van der Waals surface area (Å²) in [4.78, 5) is 12.8. The van der Waals surface area contributed by atoms with Crippen molar-refractivity contribution in [1.82, 2.24) is 4.48 Å². The number of nitrogens with two attached hydrogens (primary N) is 1. The summed E-state index contributed by atoms with van der Waals surface area (Å²) in [5.74, 6) is 6.31. The Balaban J connectivity index is 2.22. The second-order valence-electron chi connectivity index (χ2n) is 5.29. The van der Waals surface area contributed by atoms with Gasteiger partial charge in [-0.3, -0.25) is 0 Å². The van der Waals surface area contributed by atoms with Crippen LogP contribution in [0.3, 0.4) is 0 Å². The number of hydrazone groups is 1. The van der Waals surface area contributed by atoms with Crippen LogP contribution in [-0.4, -0.2) is 18.2 Å². The fraction of sp³-hybridized carbons (Fsp3) is 0.111. The van der Waals surface area contributed by atoms with E-state index in [1.165, 1.54) is 11.8 Å². The molecule has 1 amide bonds. The van der Waals surface area contributed by atoms with Crippen molar-refractivity contribution in [3.05, 3.63) is 65.6 Å². The Morgan fingerprint density at radius 2 is 1.79 bits per heavy atom. The van der Waals surface area contributed by atoms with Crippen LogP contribution in [0, 0.1) is 0 Å². The first-order chi connectivity index (χ1) is 11.6. The quantitative estimate of drug-likeness (QED) is 0.527. The number of benzene rings is 2. The zero-order valence-corrected chi connectivity index (χ0v) is 14.3. The number of carbonyl (C=O) groups excluding carboxylic acids is 1. The number of carbonyl (C=O) groups is 1. The molecule has 0 radical (unpaired) electrons. The van der Waals surface area contributed by atoms with Crippen molar-refractivity contribution < 1.29 is 9.53 Å². The summed E-state index contributed by atoms with van der Waals surface area (Å²) in [5.41, 5.74) is 2.55. The molecule has 0 spiro atoms. The van der Waals surface area contributed by atoms with Crippen molar-refractivity contribution in [2.45, 2.75) is 6.92 Å². The van der Waals surface area contributed by atoms with Crippen molar-refractivity contribution in [1.29, 1.82) is 0 Å². The van der Waals surface area contributed by atoms with Crippen molar-refractivity contribution in [2.24, 2.45) is 10.9 Å². The number of amidine groups is 1. The Kier molecular flexibility index (Phi) is 4.42. The highest BCUT2D eigenvalue weighted by molar-refractivity contribution is 8.17. The van der Waals surface area contributed by atoms with Gasteiger partial charge in [0.15, 0.2) is 11.4 Å². The molecule has 24 heavy (non-hydrogen) atoms. The minimum absolute atomic E-state index is 0.0718. The second kappa shape index (κ2) is 6.51. The van der Waals surface area contributed by atoms with Crippen LogP contribution in [0.15, 0.2) is 65.1 Å². The van der Waals surface area contributed by atoms with Crippen LogP contribution in [0.2, 0.25) is 0 Å². The highest BCUT2D eigenvalue weighted by Gasteiger charge is 2.51. The maximum Gasteiger partial charge on any atom is 0.327 e. The summed E-state index contributed by atoms with van der Waals surface area (Å²) in [6, 6.07) is 17.2. The Morgan fingerprint density at radius 3 is 2.33 bits per heavy atom. The van der Waals surface area contributed by atoms with Gasteiger partial charge in [-0.25, -0.2) is 4.79 Å². The van der Waals surface area contributed by atoms with Crippen molar-refractivity contribution in [3.8, 4) is 5.75 Å². The van der Waals surface area contributed by atoms with Gasteiger partial charge in [0.25, 0.3) is 0 Å². The van der Waals surface area contributed by atoms with Crippen LogP contribution < -0.4 is 15.1 Å². The van der Waals surface area contributed by atoms with Crippen LogP contribution in [0.5, 0.6) is 5.75 Å². The molecule has 122 valence electrons. The SMILES string of the molecule is COc1ccc(C2=CSC(=NN)[N+]2(C(C)=O)c2ccccc2)cc1. The maximum atomic E-state index is 12.8. The van der Waals surface area contributed by atoms with Gasteiger partial charge in [-0.05, 0) is 36.0 Å². The summed E-state index contributed by atoms with van der Waals surface area (Å²) in [7, 11) is 1.62. The lowest BCUT2D eigenvalue weighted by atomic mass is 10.1. The molecule has 2 aromatic rings. The van der Waals surface area contributed by atoms with E-state index in [0.29, 0.717) is 5.17 Å². The number of amides is 1. The largest absolute Gasteiger partial charge is 0.497 e. The zero-order chi connectivity index (χ0) is 17.2. The van der Waals surface area contributed by atoms with E-state index in [1.54, 1.807) is 14.0 Å². The van der Waals surface area contributed by atoms with Crippen molar-refractivity contribution >= 4 is 34.2 Å². The minimum Gasteiger partial charge on any atom is -0.497 e. The van der Waals surface area contributed by atoms with Gasteiger partial charge >= 0.3 is 11.1 Å². The van der Waals surface area contributed by atoms with Gasteiger partial charge in [-0.2, -0.15) is 0 Å². The van der Waals surface area contributed by atoms with Gasteiger partial charge in [-0.1, -0.05) is 18.2 Å². The maximum absolute atomic E-state index is 12.8. The van der Waals surface area contributed by atoms with E-state index in [0.717, 1.165) is 22.7 Å². The predicted molar refractivity (Wildman–Crippen MR) is 99.1 cm³/mol. The molecule has 0 saturated heterocycles. The Labute approximate surface area is 145 Å². The molecule has 1 aliphatic rings. The molecule has 0 bridgehead atoms. The minimum atomic E-state index is -0.117. The smallest absolute Gasteiger partial charge is 0.327 e. The number of para-hydroxylation sites is 1. The number of methoxy groups -OCH3 is 1. The third-order valence-electron chi connectivity index (χ3n) is 4.04. The number of quaternary nitrogens is 1. The predicted octanol–water partition coefficient (Wildman–Crippen LogP) is 3.52. The lowest BCUT2D eigenvalue weighted by molar-refractivity contribution is -0.122. The lowest BCUT2D eigenvalue weighted by Crippen LogP contribution is -2.52. The first-order valence-corrected chi connectivity index (χ1v) is 8.28. The molecular formula is C18H18N3O2S+. The van der Waals surface area contributed by atoms with E-state index in [2.05, 4.69) is 5.10 Å². The Hall–Kier alpha value is -2.57. The molecule has 2 aromatic carbocycles. The number of thioether (sulfide) groups is 1. The Bertz CT molecular complexity index is 816. The molecular weight excluding hydrogens is 322 g/mol.